The molecule has 0 nitrogen and oxygen atoms in total. The summed E-state index contributed by atoms with van der Waals surface area (Å²) in [7, 11) is 0. The van der Waals surface area contributed by atoms with E-state index in [-0.39, 0.29) is 0 Å². The third kappa shape index (κ3) is 2.01. The van der Waals surface area contributed by atoms with Crippen LogP contribution in [0.1, 0.15) is 11.1 Å². The van der Waals surface area contributed by atoms with E-state index in [1.807, 2.05) is 12.1 Å². The molecule has 0 aliphatic carbocycles. The normalized spacial score (nSPS) is 9.71. The van der Waals surface area contributed by atoms with E-state index in [2.05, 4.69) is 64.4 Å². The van der Waals surface area contributed by atoms with Gasteiger partial charge in [0, 0.05) is 0 Å². The molecule has 0 radical (unpaired) electrons. The Morgan fingerprint density at radius 2 is 1.00 bits per heavy atom. The number of hydrogen-bond acceptors (Lipinski definition) is 0. The van der Waals surface area contributed by atoms with Gasteiger partial charge < -0.3 is 0 Å². The monoisotopic (exact) mass is 218 g/mol. The van der Waals surface area contributed by atoms with Gasteiger partial charge in [0.25, 0.3) is 0 Å². The summed E-state index contributed by atoms with van der Waals surface area (Å²) in [5, 5.41) is 0. The van der Waals surface area contributed by atoms with Crippen LogP contribution in [0.25, 0.3) is 0 Å². The summed E-state index contributed by atoms with van der Waals surface area (Å²) < 4.78 is 1.20. The molecule has 68 valence electrons. The molecule has 14 heavy (non-hydrogen) atoms. The maximum atomic E-state index is 3.13. The molecule has 2 aromatic carbocycles. The van der Waals surface area contributed by atoms with Gasteiger partial charge in [0.1, 0.15) is 0 Å². The van der Waals surface area contributed by atoms with Gasteiger partial charge in [0.05, 0.1) is 0 Å². The molecule has 2 aromatic rings. The summed E-state index contributed by atoms with van der Waals surface area (Å²) in [5.41, 5.74) is 2.47. The molecule has 0 amide bonds. The Balaban J connectivity index is 2.35. The Morgan fingerprint density at radius 3 is 1.36 bits per heavy atom. The molecule has 2 rings (SSSR count). The van der Waals surface area contributed by atoms with Crippen molar-refractivity contribution >= 4 is 4.38 Å². The Morgan fingerprint density at radius 1 is 0.643 bits per heavy atom. The van der Waals surface area contributed by atoms with Crippen LogP contribution in [0.15, 0.2) is 60.7 Å². The minimum atomic E-state index is 1.20. The minimum absolute atomic E-state index is 1.20. The molecule has 0 aliphatic heterocycles. The number of hydrogen-bond donors (Lipinski definition) is 0. The predicted molar refractivity (Wildman–Crippen MR) is 56.1 cm³/mol. The van der Waals surface area contributed by atoms with Crippen LogP contribution in [0.3, 0.4) is 0 Å². The van der Waals surface area contributed by atoms with Gasteiger partial charge in [0.2, 0.25) is 0 Å². The van der Waals surface area contributed by atoms with E-state index in [0.717, 1.165) is 0 Å². The second-order valence-corrected chi connectivity index (χ2v) is 3.70. The summed E-state index contributed by atoms with van der Waals surface area (Å²) in [6, 6.07) is 20.7. The average molecular weight is 218 g/mol. The third-order valence-electron chi connectivity index (χ3n) is 2.07. The van der Waals surface area contributed by atoms with Gasteiger partial charge in [-0.25, -0.2) is 0 Å². The Bertz CT molecular complexity index is 376. The molecule has 0 atom stereocenters. The van der Waals surface area contributed by atoms with Crippen molar-refractivity contribution in [2.24, 2.45) is 0 Å². The van der Waals surface area contributed by atoms with Gasteiger partial charge in [-0.1, -0.05) is 0 Å². The maximum absolute atomic E-state index is 3.13. The second-order valence-electron chi connectivity index (χ2n) is 3.06. The Labute approximate surface area is 92.2 Å². The van der Waals surface area contributed by atoms with Gasteiger partial charge in [-0.15, -0.1) is 0 Å². The zero-order valence-corrected chi connectivity index (χ0v) is 8.96. The first-order valence-electron chi connectivity index (χ1n) is 4.53. The SMILES string of the molecule is [Cr]=[C](c1ccccc1)c1ccccc1. The van der Waals surface area contributed by atoms with E-state index in [0.29, 0.717) is 0 Å². The van der Waals surface area contributed by atoms with Crippen LogP contribution in [0.2, 0.25) is 0 Å². The average Bonchev–Trinajstić information content (AvgIpc) is 2.30. The zero-order chi connectivity index (χ0) is 9.80. The predicted octanol–water partition coefficient (Wildman–Crippen LogP) is 2.80. The molecule has 0 heterocycles. The summed E-state index contributed by atoms with van der Waals surface area (Å²) in [6.45, 7) is 0. The van der Waals surface area contributed by atoms with Gasteiger partial charge in [-0.3, -0.25) is 0 Å². The van der Waals surface area contributed by atoms with Gasteiger partial charge in [0.15, 0.2) is 0 Å². The first kappa shape index (κ1) is 9.40. The fourth-order valence-corrected chi connectivity index (χ4v) is 1.77. The first-order valence-corrected chi connectivity index (χ1v) is 5.16. The molecule has 1 heteroatoms. The Hall–Kier alpha value is -1.16. The van der Waals surface area contributed by atoms with E-state index < -0.39 is 0 Å². The van der Waals surface area contributed by atoms with Crippen molar-refractivity contribution in [1.82, 2.24) is 0 Å². The zero-order valence-electron chi connectivity index (χ0n) is 7.68. The van der Waals surface area contributed by atoms with Crippen LogP contribution >= 0.6 is 0 Å². The summed E-state index contributed by atoms with van der Waals surface area (Å²) in [5.74, 6) is 0. The van der Waals surface area contributed by atoms with Crippen molar-refractivity contribution in [3.63, 3.8) is 0 Å². The van der Waals surface area contributed by atoms with Gasteiger partial charge >= 0.3 is 92.0 Å². The molecular weight excluding hydrogens is 208 g/mol. The van der Waals surface area contributed by atoms with Crippen molar-refractivity contribution in [3.8, 4) is 0 Å². The molecule has 0 unspecified atom stereocenters. The number of benzene rings is 2. The molecule has 0 N–H and O–H groups in total. The van der Waals surface area contributed by atoms with Crippen LogP contribution < -0.4 is 0 Å². The quantitative estimate of drug-likeness (QED) is 0.727. The van der Waals surface area contributed by atoms with Crippen LogP contribution in [0.4, 0.5) is 0 Å². The van der Waals surface area contributed by atoms with E-state index >= 15 is 0 Å². The second kappa shape index (κ2) is 4.37. The van der Waals surface area contributed by atoms with Crippen LogP contribution in [0, 0.1) is 0 Å². The van der Waals surface area contributed by atoms with E-state index in [4.69, 9.17) is 0 Å². The summed E-state index contributed by atoms with van der Waals surface area (Å²) in [4.78, 5) is 0. The molecule has 0 saturated carbocycles. The molecular formula is C13H10Cr. The van der Waals surface area contributed by atoms with Gasteiger partial charge in [-0.2, -0.15) is 0 Å². The van der Waals surface area contributed by atoms with Crippen molar-refractivity contribution < 1.29 is 15.9 Å². The Kier molecular flexibility index (Phi) is 2.94. The van der Waals surface area contributed by atoms with E-state index in [9.17, 15) is 0 Å². The van der Waals surface area contributed by atoms with E-state index in [1.165, 1.54) is 15.5 Å². The molecule has 0 bridgehead atoms. The van der Waals surface area contributed by atoms with Crippen LogP contribution in [0.5, 0.6) is 0 Å². The van der Waals surface area contributed by atoms with Crippen molar-refractivity contribution in [1.29, 1.82) is 0 Å². The third-order valence-corrected chi connectivity index (χ3v) is 2.81. The molecule has 0 spiro atoms. The van der Waals surface area contributed by atoms with Crippen LogP contribution in [-0.2, 0) is 15.9 Å². The topological polar surface area (TPSA) is 0 Å². The van der Waals surface area contributed by atoms with Crippen molar-refractivity contribution in [2.75, 3.05) is 0 Å². The fourth-order valence-electron chi connectivity index (χ4n) is 1.35. The molecule has 0 aliphatic rings. The number of rotatable bonds is 2. The molecule has 0 fully saturated rings. The first-order chi connectivity index (χ1) is 6.88. The van der Waals surface area contributed by atoms with Crippen LogP contribution in [-0.4, -0.2) is 4.38 Å². The van der Waals surface area contributed by atoms with Crippen molar-refractivity contribution in [3.05, 3.63) is 71.8 Å². The standard InChI is InChI=1S/C13H10.Cr/c1-3-7-12(8-4-1)11-13-9-5-2-6-10-13;/h1-10H;. The summed E-state index contributed by atoms with van der Waals surface area (Å²) in [6.07, 6.45) is 0. The van der Waals surface area contributed by atoms with Crippen molar-refractivity contribution in [2.45, 2.75) is 0 Å². The van der Waals surface area contributed by atoms with Gasteiger partial charge in [-0.05, 0) is 0 Å². The van der Waals surface area contributed by atoms with E-state index in [1.54, 1.807) is 0 Å². The fraction of sp³-hybridized carbons (Fsp3) is 0. The summed E-state index contributed by atoms with van der Waals surface area (Å²) >= 11 is 3.13. The molecule has 0 aromatic heterocycles. The molecule has 0 saturated heterocycles.